The molecule has 104 valence electrons. The molecule has 0 radical (unpaired) electrons. The summed E-state index contributed by atoms with van der Waals surface area (Å²) in [6.07, 6.45) is 5.65. The molecule has 1 aromatic heterocycles. The van der Waals surface area contributed by atoms with Crippen LogP contribution in [0.2, 0.25) is 0 Å². The summed E-state index contributed by atoms with van der Waals surface area (Å²) in [5.74, 6) is 0.230. The van der Waals surface area contributed by atoms with E-state index in [1.165, 1.54) is 34.6 Å². The standard InChI is InChI=1S/C15H22N2OS/c1-2-15(6-7-16-10-15)14(18)17-9-12-8-11-4-3-5-13(11)19-12/h8,16H,2-7,9-10H2,1H3,(H,17,18). The van der Waals surface area contributed by atoms with Crippen LogP contribution < -0.4 is 10.6 Å². The fourth-order valence-electron chi connectivity index (χ4n) is 3.23. The van der Waals surface area contributed by atoms with Gasteiger partial charge in [0, 0.05) is 16.3 Å². The zero-order valence-corrected chi connectivity index (χ0v) is 12.4. The Morgan fingerprint density at radius 3 is 3.11 bits per heavy atom. The molecule has 1 aliphatic carbocycles. The van der Waals surface area contributed by atoms with Gasteiger partial charge in [-0.3, -0.25) is 4.79 Å². The molecule has 1 amide bonds. The van der Waals surface area contributed by atoms with Gasteiger partial charge in [-0.1, -0.05) is 6.92 Å². The predicted molar refractivity (Wildman–Crippen MR) is 78.4 cm³/mol. The predicted octanol–water partition coefficient (Wildman–Crippen LogP) is 2.24. The second-order valence-corrected chi connectivity index (χ2v) is 6.98. The van der Waals surface area contributed by atoms with Crippen LogP contribution in [0.25, 0.3) is 0 Å². The molecule has 2 N–H and O–H groups in total. The van der Waals surface area contributed by atoms with Gasteiger partial charge in [-0.2, -0.15) is 0 Å². The van der Waals surface area contributed by atoms with E-state index in [9.17, 15) is 4.79 Å². The Morgan fingerprint density at radius 1 is 1.53 bits per heavy atom. The summed E-state index contributed by atoms with van der Waals surface area (Å²) in [4.78, 5) is 15.3. The van der Waals surface area contributed by atoms with Crippen LogP contribution in [-0.2, 0) is 24.2 Å². The molecule has 1 aliphatic heterocycles. The highest BCUT2D eigenvalue weighted by atomic mass is 32.1. The summed E-state index contributed by atoms with van der Waals surface area (Å²) in [7, 11) is 0. The fraction of sp³-hybridized carbons (Fsp3) is 0.667. The van der Waals surface area contributed by atoms with Crippen molar-refractivity contribution < 1.29 is 4.79 Å². The minimum Gasteiger partial charge on any atom is -0.351 e. The molecule has 2 heterocycles. The Balaban J connectivity index is 1.60. The Bertz CT molecular complexity index is 453. The number of hydrogen-bond acceptors (Lipinski definition) is 3. The number of rotatable bonds is 4. The van der Waals surface area contributed by atoms with E-state index in [-0.39, 0.29) is 11.3 Å². The number of amides is 1. The Hall–Kier alpha value is -0.870. The molecule has 4 heteroatoms. The third kappa shape index (κ3) is 2.43. The average molecular weight is 278 g/mol. The van der Waals surface area contributed by atoms with Crippen molar-refractivity contribution in [1.29, 1.82) is 0 Å². The first-order chi connectivity index (χ1) is 9.23. The number of fused-ring (bicyclic) bond motifs is 1. The zero-order chi connectivity index (χ0) is 13.3. The van der Waals surface area contributed by atoms with Crippen LogP contribution >= 0.6 is 11.3 Å². The van der Waals surface area contributed by atoms with E-state index in [1.807, 2.05) is 11.3 Å². The molecular formula is C15H22N2OS. The molecular weight excluding hydrogens is 256 g/mol. The zero-order valence-electron chi connectivity index (χ0n) is 11.6. The lowest BCUT2D eigenvalue weighted by Gasteiger charge is -2.25. The molecule has 3 nitrogen and oxygen atoms in total. The first-order valence-corrected chi connectivity index (χ1v) is 8.15. The molecule has 19 heavy (non-hydrogen) atoms. The first-order valence-electron chi connectivity index (χ1n) is 7.33. The van der Waals surface area contributed by atoms with Gasteiger partial charge in [0.1, 0.15) is 0 Å². The highest BCUT2D eigenvalue weighted by Gasteiger charge is 2.39. The Kier molecular flexibility index (Phi) is 3.63. The Morgan fingerprint density at radius 2 is 2.42 bits per heavy atom. The van der Waals surface area contributed by atoms with E-state index in [2.05, 4.69) is 23.6 Å². The largest absolute Gasteiger partial charge is 0.351 e. The van der Waals surface area contributed by atoms with Crippen molar-refractivity contribution >= 4 is 17.2 Å². The summed E-state index contributed by atoms with van der Waals surface area (Å²) in [6, 6.07) is 2.29. The highest BCUT2D eigenvalue weighted by molar-refractivity contribution is 7.12. The van der Waals surface area contributed by atoms with Gasteiger partial charge in [0.2, 0.25) is 5.91 Å². The lowest BCUT2D eigenvalue weighted by atomic mass is 9.83. The maximum absolute atomic E-state index is 12.4. The highest BCUT2D eigenvalue weighted by Crippen LogP contribution is 2.32. The van der Waals surface area contributed by atoms with E-state index >= 15 is 0 Å². The van der Waals surface area contributed by atoms with Gasteiger partial charge in [-0.05, 0) is 50.3 Å². The summed E-state index contributed by atoms with van der Waals surface area (Å²) >= 11 is 1.88. The number of thiophene rings is 1. The minimum atomic E-state index is -0.167. The number of carbonyl (C=O) groups is 1. The minimum absolute atomic E-state index is 0.167. The number of hydrogen-bond donors (Lipinski definition) is 2. The van der Waals surface area contributed by atoms with Crippen LogP contribution in [-0.4, -0.2) is 19.0 Å². The molecule has 3 rings (SSSR count). The van der Waals surface area contributed by atoms with Gasteiger partial charge in [-0.25, -0.2) is 0 Å². The number of aryl methyl sites for hydroxylation is 2. The van der Waals surface area contributed by atoms with Crippen LogP contribution in [0.1, 0.15) is 41.5 Å². The smallest absolute Gasteiger partial charge is 0.227 e. The molecule has 1 atom stereocenters. The van der Waals surface area contributed by atoms with E-state index in [0.717, 1.165) is 25.9 Å². The van der Waals surface area contributed by atoms with Crippen LogP contribution in [0.4, 0.5) is 0 Å². The maximum Gasteiger partial charge on any atom is 0.227 e. The third-order valence-corrected chi connectivity index (χ3v) is 5.86. The number of nitrogens with one attached hydrogen (secondary N) is 2. The van der Waals surface area contributed by atoms with Gasteiger partial charge in [0.05, 0.1) is 12.0 Å². The average Bonchev–Trinajstić information content (AvgIpc) is 3.11. The maximum atomic E-state index is 12.4. The topological polar surface area (TPSA) is 41.1 Å². The lowest BCUT2D eigenvalue weighted by molar-refractivity contribution is -0.130. The molecule has 1 fully saturated rings. The monoisotopic (exact) mass is 278 g/mol. The van der Waals surface area contributed by atoms with Crippen molar-refractivity contribution in [2.75, 3.05) is 13.1 Å². The van der Waals surface area contributed by atoms with Gasteiger partial charge < -0.3 is 10.6 Å². The van der Waals surface area contributed by atoms with Crippen molar-refractivity contribution in [1.82, 2.24) is 10.6 Å². The van der Waals surface area contributed by atoms with Crippen LogP contribution in [0.5, 0.6) is 0 Å². The molecule has 0 spiro atoms. The van der Waals surface area contributed by atoms with Gasteiger partial charge in [-0.15, -0.1) is 11.3 Å². The van der Waals surface area contributed by atoms with E-state index in [4.69, 9.17) is 0 Å². The third-order valence-electron chi connectivity index (χ3n) is 4.62. The Labute approximate surface area is 118 Å². The van der Waals surface area contributed by atoms with Crippen molar-refractivity contribution in [3.05, 3.63) is 21.4 Å². The molecule has 0 saturated carbocycles. The van der Waals surface area contributed by atoms with Gasteiger partial charge in [0.15, 0.2) is 0 Å². The van der Waals surface area contributed by atoms with Crippen LogP contribution in [0.15, 0.2) is 6.07 Å². The van der Waals surface area contributed by atoms with E-state index in [0.29, 0.717) is 6.54 Å². The molecule has 0 aromatic carbocycles. The van der Waals surface area contributed by atoms with Crippen molar-refractivity contribution in [3.63, 3.8) is 0 Å². The molecule has 2 aliphatic rings. The normalized spacial score (nSPS) is 25.5. The van der Waals surface area contributed by atoms with Crippen LogP contribution in [0.3, 0.4) is 0 Å². The fourth-order valence-corrected chi connectivity index (χ4v) is 4.43. The van der Waals surface area contributed by atoms with Crippen molar-refractivity contribution in [2.24, 2.45) is 5.41 Å². The van der Waals surface area contributed by atoms with Crippen molar-refractivity contribution in [2.45, 2.75) is 45.6 Å². The molecule has 1 unspecified atom stereocenters. The second kappa shape index (κ2) is 5.25. The molecule has 1 saturated heterocycles. The van der Waals surface area contributed by atoms with Gasteiger partial charge >= 0.3 is 0 Å². The molecule has 1 aromatic rings. The second-order valence-electron chi connectivity index (χ2n) is 5.76. The van der Waals surface area contributed by atoms with Gasteiger partial charge in [0.25, 0.3) is 0 Å². The summed E-state index contributed by atoms with van der Waals surface area (Å²) in [5.41, 5.74) is 1.35. The van der Waals surface area contributed by atoms with E-state index < -0.39 is 0 Å². The quantitative estimate of drug-likeness (QED) is 0.887. The number of carbonyl (C=O) groups excluding carboxylic acids is 1. The SMILES string of the molecule is CCC1(C(=O)NCc2cc3c(s2)CCC3)CCNC1. The molecule has 0 bridgehead atoms. The summed E-state index contributed by atoms with van der Waals surface area (Å²) in [5, 5.41) is 6.47. The summed E-state index contributed by atoms with van der Waals surface area (Å²) in [6.45, 7) is 4.62. The van der Waals surface area contributed by atoms with Crippen molar-refractivity contribution in [3.8, 4) is 0 Å². The first kappa shape index (κ1) is 13.1. The van der Waals surface area contributed by atoms with Crippen LogP contribution in [0, 0.1) is 5.41 Å². The summed E-state index contributed by atoms with van der Waals surface area (Å²) < 4.78 is 0. The van der Waals surface area contributed by atoms with E-state index in [1.54, 1.807) is 0 Å². The lowest BCUT2D eigenvalue weighted by Crippen LogP contribution is -2.41.